The van der Waals surface area contributed by atoms with Gasteiger partial charge in [-0.05, 0) is 11.4 Å². The fraction of sp³-hybridized carbons (Fsp3) is 0.444. The fourth-order valence-corrected chi connectivity index (χ4v) is 2.00. The van der Waals surface area contributed by atoms with Gasteiger partial charge in [-0.2, -0.15) is 11.3 Å². The number of methoxy groups -OCH3 is 1. The second kappa shape index (κ2) is 6.16. The molecule has 1 N–H and O–H groups in total. The van der Waals surface area contributed by atoms with Gasteiger partial charge in [0.15, 0.2) is 0 Å². The van der Waals surface area contributed by atoms with E-state index in [1.54, 1.807) is 13.2 Å². The first-order valence-corrected chi connectivity index (χ1v) is 6.03. The summed E-state index contributed by atoms with van der Waals surface area (Å²) in [6.07, 6.45) is 0. The van der Waals surface area contributed by atoms with Crippen LogP contribution in [0, 0.1) is 0 Å². The van der Waals surface area contributed by atoms with Crippen LogP contribution < -0.4 is 5.32 Å². The van der Waals surface area contributed by atoms with E-state index in [2.05, 4.69) is 21.2 Å². The molecule has 1 aromatic heterocycles. The first-order chi connectivity index (χ1) is 6.74. The molecule has 0 saturated carbocycles. The van der Waals surface area contributed by atoms with Gasteiger partial charge < -0.3 is 10.1 Å². The molecule has 78 valence electrons. The molecule has 1 unspecified atom stereocenters. The van der Waals surface area contributed by atoms with E-state index in [9.17, 15) is 4.79 Å². The Bertz CT molecular complexity index is 276. The van der Waals surface area contributed by atoms with E-state index in [1.807, 2.05) is 10.8 Å². The molecule has 0 spiro atoms. The first kappa shape index (κ1) is 11.7. The number of halogens is 1. The maximum atomic E-state index is 11.4. The van der Waals surface area contributed by atoms with Crippen molar-refractivity contribution in [2.45, 2.75) is 4.83 Å². The molecule has 14 heavy (non-hydrogen) atoms. The Morgan fingerprint density at radius 1 is 1.79 bits per heavy atom. The molecule has 5 heteroatoms. The summed E-state index contributed by atoms with van der Waals surface area (Å²) in [5.74, 6) is -0.0354. The lowest BCUT2D eigenvalue weighted by molar-refractivity contribution is 0.0950. The van der Waals surface area contributed by atoms with Crippen molar-refractivity contribution in [1.82, 2.24) is 5.32 Å². The lowest BCUT2D eigenvalue weighted by Crippen LogP contribution is -2.31. The molecular formula is C9H12BrNO2S. The number of alkyl halides is 1. The summed E-state index contributed by atoms with van der Waals surface area (Å²) in [5.41, 5.74) is 0.715. The number of hydrogen-bond acceptors (Lipinski definition) is 3. The van der Waals surface area contributed by atoms with Crippen LogP contribution in [0.2, 0.25) is 0 Å². The first-order valence-electron chi connectivity index (χ1n) is 4.17. The van der Waals surface area contributed by atoms with Crippen molar-refractivity contribution < 1.29 is 9.53 Å². The van der Waals surface area contributed by atoms with Gasteiger partial charge in [0.05, 0.1) is 11.4 Å². The topological polar surface area (TPSA) is 38.3 Å². The third kappa shape index (κ3) is 3.77. The van der Waals surface area contributed by atoms with Crippen molar-refractivity contribution in [2.24, 2.45) is 0 Å². The average Bonchev–Trinajstić information content (AvgIpc) is 2.67. The molecule has 1 aromatic rings. The van der Waals surface area contributed by atoms with Crippen LogP contribution in [-0.4, -0.2) is 31.0 Å². The Labute approximate surface area is 95.6 Å². The van der Waals surface area contributed by atoms with Crippen LogP contribution >= 0.6 is 27.3 Å². The second-order valence-corrected chi connectivity index (χ2v) is 4.85. The molecule has 1 heterocycles. The molecule has 1 atom stereocenters. The zero-order chi connectivity index (χ0) is 10.4. The zero-order valence-corrected chi connectivity index (χ0v) is 10.2. The van der Waals surface area contributed by atoms with E-state index in [4.69, 9.17) is 4.74 Å². The van der Waals surface area contributed by atoms with Gasteiger partial charge in [-0.15, -0.1) is 0 Å². The maximum Gasteiger partial charge on any atom is 0.252 e. The highest BCUT2D eigenvalue weighted by Crippen LogP contribution is 2.05. The molecule has 1 rings (SSSR count). The number of ether oxygens (including phenoxy) is 1. The van der Waals surface area contributed by atoms with Gasteiger partial charge in [0.1, 0.15) is 0 Å². The minimum Gasteiger partial charge on any atom is -0.383 e. The number of amides is 1. The van der Waals surface area contributed by atoms with Crippen molar-refractivity contribution in [3.05, 3.63) is 22.4 Å². The Morgan fingerprint density at radius 3 is 3.14 bits per heavy atom. The largest absolute Gasteiger partial charge is 0.383 e. The third-order valence-corrected chi connectivity index (χ3v) is 2.89. The zero-order valence-electron chi connectivity index (χ0n) is 7.83. The number of carbonyl (C=O) groups excluding carboxylic acids is 1. The van der Waals surface area contributed by atoms with E-state index in [0.717, 1.165) is 0 Å². The van der Waals surface area contributed by atoms with E-state index in [1.165, 1.54) is 11.3 Å². The molecule has 0 fully saturated rings. The summed E-state index contributed by atoms with van der Waals surface area (Å²) in [5, 5.41) is 6.52. The Kier molecular flexibility index (Phi) is 5.14. The number of thiophene rings is 1. The van der Waals surface area contributed by atoms with Crippen molar-refractivity contribution in [3.8, 4) is 0 Å². The van der Waals surface area contributed by atoms with Crippen LogP contribution in [0.25, 0.3) is 0 Å². The summed E-state index contributed by atoms with van der Waals surface area (Å²) in [7, 11) is 1.63. The quantitative estimate of drug-likeness (QED) is 0.835. The van der Waals surface area contributed by atoms with Crippen LogP contribution in [0.4, 0.5) is 0 Å². The fourth-order valence-electron chi connectivity index (χ4n) is 0.939. The highest BCUT2D eigenvalue weighted by molar-refractivity contribution is 9.09. The number of nitrogens with one attached hydrogen (secondary N) is 1. The van der Waals surface area contributed by atoms with Crippen molar-refractivity contribution >= 4 is 33.2 Å². The Morgan fingerprint density at radius 2 is 2.57 bits per heavy atom. The molecule has 3 nitrogen and oxygen atoms in total. The molecule has 0 aliphatic carbocycles. The van der Waals surface area contributed by atoms with Gasteiger partial charge in [-0.3, -0.25) is 4.79 Å². The summed E-state index contributed by atoms with van der Waals surface area (Å²) in [6.45, 7) is 1.16. The van der Waals surface area contributed by atoms with Crippen LogP contribution in [0.1, 0.15) is 10.4 Å². The van der Waals surface area contributed by atoms with Gasteiger partial charge in [0, 0.05) is 24.6 Å². The third-order valence-electron chi connectivity index (χ3n) is 1.61. The molecule has 0 aliphatic heterocycles. The molecule has 0 saturated heterocycles. The minimum absolute atomic E-state index is 0.0354. The van der Waals surface area contributed by atoms with Crippen molar-refractivity contribution in [2.75, 3.05) is 20.3 Å². The average molecular weight is 278 g/mol. The predicted molar refractivity (Wildman–Crippen MR) is 61.2 cm³/mol. The van der Waals surface area contributed by atoms with E-state index < -0.39 is 0 Å². The lowest BCUT2D eigenvalue weighted by Gasteiger charge is -2.09. The standard InChI is InChI=1S/C9H12BrNO2S/c1-13-5-8(10)4-11-9(12)7-2-3-14-6-7/h2-3,6,8H,4-5H2,1H3,(H,11,12). The summed E-state index contributed by atoms with van der Waals surface area (Å²) in [4.78, 5) is 11.6. The summed E-state index contributed by atoms with van der Waals surface area (Å²) in [6, 6.07) is 1.81. The number of carbonyl (C=O) groups is 1. The lowest BCUT2D eigenvalue weighted by atomic mass is 10.3. The van der Waals surface area contributed by atoms with Crippen molar-refractivity contribution in [3.63, 3.8) is 0 Å². The highest BCUT2D eigenvalue weighted by Gasteiger charge is 2.08. The monoisotopic (exact) mass is 277 g/mol. The molecule has 1 amide bonds. The van der Waals surface area contributed by atoms with Crippen LogP contribution in [-0.2, 0) is 4.74 Å². The summed E-state index contributed by atoms with van der Waals surface area (Å²) >= 11 is 4.91. The number of hydrogen-bond donors (Lipinski definition) is 1. The number of rotatable bonds is 5. The van der Waals surface area contributed by atoms with E-state index in [0.29, 0.717) is 18.7 Å². The van der Waals surface area contributed by atoms with Gasteiger partial charge in [0.2, 0.25) is 0 Å². The van der Waals surface area contributed by atoms with Crippen LogP contribution in [0.3, 0.4) is 0 Å². The minimum atomic E-state index is -0.0354. The second-order valence-electron chi connectivity index (χ2n) is 2.77. The normalized spacial score (nSPS) is 12.4. The van der Waals surface area contributed by atoms with E-state index >= 15 is 0 Å². The molecule has 0 aliphatic rings. The van der Waals surface area contributed by atoms with Gasteiger partial charge >= 0.3 is 0 Å². The summed E-state index contributed by atoms with van der Waals surface area (Å²) < 4.78 is 4.93. The van der Waals surface area contributed by atoms with Crippen LogP contribution in [0.5, 0.6) is 0 Å². The molecule has 0 bridgehead atoms. The van der Waals surface area contributed by atoms with Crippen molar-refractivity contribution in [1.29, 1.82) is 0 Å². The SMILES string of the molecule is COCC(Br)CNC(=O)c1ccsc1. The Hall–Kier alpha value is -0.390. The predicted octanol–water partition coefficient (Wildman–Crippen LogP) is 1.89. The Balaban J connectivity index is 2.28. The molecular weight excluding hydrogens is 266 g/mol. The smallest absolute Gasteiger partial charge is 0.252 e. The maximum absolute atomic E-state index is 11.4. The van der Waals surface area contributed by atoms with Gasteiger partial charge in [-0.1, -0.05) is 15.9 Å². The highest BCUT2D eigenvalue weighted by atomic mass is 79.9. The van der Waals surface area contributed by atoms with E-state index in [-0.39, 0.29) is 10.7 Å². The molecule has 0 aromatic carbocycles. The van der Waals surface area contributed by atoms with Crippen LogP contribution in [0.15, 0.2) is 16.8 Å². The van der Waals surface area contributed by atoms with Gasteiger partial charge in [0.25, 0.3) is 5.91 Å². The van der Waals surface area contributed by atoms with Gasteiger partial charge in [-0.25, -0.2) is 0 Å². The molecule has 0 radical (unpaired) electrons.